The fourth-order valence-electron chi connectivity index (χ4n) is 2.31. The van der Waals surface area contributed by atoms with Crippen LogP contribution in [-0.4, -0.2) is 16.1 Å². The Bertz CT molecular complexity index is 619. The van der Waals surface area contributed by atoms with E-state index in [2.05, 4.69) is 41.5 Å². The molecule has 0 aliphatic rings. The first-order valence-corrected chi connectivity index (χ1v) is 7.45. The predicted molar refractivity (Wildman–Crippen MR) is 86.8 cm³/mol. The molecule has 1 heterocycles. The summed E-state index contributed by atoms with van der Waals surface area (Å²) >= 11 is 0. The summed E-state index contributed by atoms with van der Waals surface area (Å²) in [5, 5.41) is 3.16. The van der Waals surface area contributed by atoms with Crippen LogP contribution in [0, 0.1) is 0 Å². The van der Waals surface area contributed by atoms with Gasteiger partial charge in [-0.1, -0.05) is 37.3 Å². The van der Waals surface area contributed by atoms with Crippen molar-refractivity contribution < 1.29 is 0 Å². The third-order valence-corrected chi connectivity index (χ3v) is 3.66. The summed E-state index contributed by atoms with van der Waals surface area (Å²) in [6.45, 7) is 6.91. The van der Waals surface area contributed by atoms with Crippen molar-refractivity contribution in [1.29, 1.82) is 0 Å². The second kappa shape index (κ2) is 7.07. The molecule has 0 saturated carbocycles. The Morgan fingerprint density at radius 2 is 1.90 bits per heavy atom. The topological polar surface area (TPSA) is 46.9 Å². The molecular weight excluding hydrogens is 262 g/mol. The van der Waals surface area contributed by atoms with Crippen LogP contribution in [0.3, 0.4) is 0 Å². The van der Waals surface area contributed by atoms with Gasteiger partial charge in [-0.05, 0) is 31.7 Å². The number of hydrogen-bond acceptors (Lipinski definition) is 3. The van der Waals surface area contributed by atoms with E-state index < -0.39 is 0 Å². The van der Waals surface area contributed by atoms with Crippen molar-refractivity contribution >= 4 is 5.82 Å². The Labute approximate surface area is 125 Å². The lowest BCUT2D eigenvalue weighted by molar-refractivity contribution is 0.574. The number of hydrogen-bond donors (Lipinski definition) is 1. The molecule has 1 atom stereocenters. The highest BCUT2D eigenvalue weighted by molar-refractivity contribution is 5.31. The van der Waals surface area contributed by atoms with Crippen LogP contribution in [0.1, 0.15) is 44.7 Å². The predicted octanol–water partition coefficient (Wildman–Crippen LogP) is 3.43. The zero-order valence-corrected chi connectivity index (χ0v) is 12.9. The molecule has 0 radical (unpaired) electrons. The van der Waals surface area contributed by atoms with Crippen molar-refractivity contribution in [2.75, 3.05) is 11.9 Å². The molecule has 2 rings (SSSR count). The van der Waals surface area contributed by atoms with Crippen molar-refractivity contribution in [2.24, 2.45) is 0 Å². The van der Waals surface area contributed by atoms with Gasteiger partial charge in [-0.15, -0.1) is 0 Å². The summed E-state index contributed by atoms with van der Waals surface area (Å²) < 4.78 is 1.69. The van der Waals surface area contributed by atoms with E-state index in [1.54, 1.807) is 17.0 Å². The Kier molecular flexibility index (Phi) is 5.14. The molecule has 1 aromatic heterocycles. The quantitative estimate of drug-likeness (QED) is 0.884. The molecule has 1 aromatic carbocycles. The molecule has 0 spiro atoms. The van der Waals surface area contributed by atoms with Crippen LogP contribution in [-0.2, 0) is 0 Å². The van der Waals surface area contributed by atoms with E-state index in [-0.39, 0.29) is 11.6 Å². The second-order valence-electron chi connectivity index (χ2n) is 5.61. The zero-order chi connectivity index (χ0) is 15.2. The lowest BCUT2D eigenvalue weighted by atomic mass is 9.98. The number of rotatable bonds is 6. The summed E-state index contributed by atoms with van der Waals surface area (Å²) in [6.07, 6.45) is 4.36. The molecule has 21 heavy (non-hydrogen) atoms. The van der Waals surface area contributed by atoms with E-state index >= 15 is 0 Å². The Morgan fingerprint density at radius 1 is 1.19 bits per heavy atom. The lowest BCUT2D eigenvalue weighted by Gasteiger charge is -2.14. The Hall–Kier alpha value is -2.10. The van der Waals surface area contributed by atoms with Gasteiger partial charge < -0.3 is 9.88 Å². The first-order chi connectivity index (χ1) is 10.1. The highest BCUT2D eigenvalue weighted by Crippen LogP contribution is 2.18. The summed E-state index contributed by atoms with van der Waals surface area (Å²) in [7, 11) is 0. The highest BCUT2D eigenvalue weighted by atomic mass is 16.1. The minimum atomic E-state index is -0.0557. The molecule has 112 valence electrons. The van der Waals surface area contributed by atoms with Crippen LogP contribution in [0.15, 0.2) is 47.5 Å². The maximum atomic E-state index is 12.2. The smallest absolute Gasteiger partial charge is 0.293 e. The first kappa shape index (κ1) is 15.3. The van der Waals surface area contributed by atoms with Gasteiger partial charge in [0.2, 0.25) is 0 Å². The normalized spacial score (nSPS) is 12.4. The molecule has 0 bridgehead atoms. The fourth-order valence-corrected chi connectivity index (χ4v) is 2.31. The summed E-state index contributed by atoms with van der Waals surface area (Å²) in [4.78, 5) is 16.3. The van der Waals surface area contributed by atoms with Crippen LogP contribution in [0.2, 0.25) is 0 Å². The first-order valence-electron chi connectivity index (χ1n) is 7.45. The number of anilines is 1. The maximum absolute atomic E-state index is 12.2. The highest BCUT2D eigenvalue weighted by Gasteiger charge is 2.08. The summed E-state index contributed by atoms with van der Waals surface area (Å²) in [5.41, 5.74) is 1.26. The molecule has 0 amide bonds. The Morgan fingerprint density at radius 3 is 2.57 bits per heavy atom. The molecule has 1 N–H and O–H groups in total. The standard InChI is InChI=1S/C17H23N3O/c1-13(2)20-12-11-19-16(17(20)21)18-10-9-14(3)15-7-5-4-6-8-15/h4-8,11-14H,9-10H2,1-3H3,(H,18,19). The minimum absolute atomic E-state index is 0.0557. The van der Waals surface area contributed by atoms with Gasteiger partial charge in [0.05, 0.1) is 0 Å². The van der Waals surface area contributed by atoms with E-state index in [9.17, 15) is 4.79 Å². The van der Waals surface area contributed by atoms with Crippen LogP contribution in [0.4, 0.5) is 5.82 Å². The fraction of sp³-hybridized carbons (Fsp3) is 0.412. The van der Waals surface area contributed by atoms with Crippen molar-refractivity contribution in [1.82, 2.24) is 9.55 Å². The molecule has 4 heteroatoms. The SMILES string of the molecule is CC(CCNc1nccn(C(C)C)c1=O)c1ccccc1. The van der Waals surface area contributed by atoms with E-state index in [1.165, 1.54) is 5.56 Å². The number of nitrogens with one attached hydrogen (secondary N) is 1. The molecule has 2 aromatic rings. The van der Waals surface area contributed by atoms with Gasteiger partial charge in [0.15, 0.2) is 5.82 Å². The van der Waals surface area contributed by atoms with E-state index in [1.807, 2.05) is 19.9 Å². The van der Waals surface area contributed by atoms with E-state index in [0.717, 1.165) is 13.0 Å². The van der Waals surface area contributed by atoms with Crippen LogP contribution >= 0.6 is 0 Å². The van der Waals surface area contributed by atoms with Gasteiger partial charge in [-0.25, -0.2) is 4.98 Å². The molecule has 0 aliphatic heterocycles. The van der Waals surface area contributed by atoms with Crippen molar-refractivity contribution in [2.45, 2.75) is 39.2 Å². The maximum Gasteiger partial charge on any atom is 0.293 e. The molecule has 1 unspecified atom stereocenters. The van der Waals surface area contributed by atoms with Gasteiger partial charge in [0, 0.05) is 25.0 Å². The average Bonchev–Trinajstić information content (AvgIpc) is 2.49. The van der Waals surface area contributed by atoms with Crippen molar-refractivity contribution in [3.05, 3.63) is 58.6 Å². The average molecular weight is 285 g/mol. The second-order valence-corrected chi connectivity index (χ2v) is 5.61. The summed E-state index contributed by atoms with van der Waals surface area (Å²) in [5.74, 6) is 0.890. The monoisotopic (exact) mass is 285 g/mol. The molecule has 0 fully saturated rings. The lowest BCUT2D eigenvalue weighted by Crippen LogP contribution is -2.26. The van der Waals surface area contributed by atoms with Gasteiger partial charge in [-0.2, -0.15) is 0 Å². The van der Waals surface area contributed by atoms with Crippen LogP contribution in [0.25, 0.3) is 0 Å². The zero-order valence-electron chi connectivity index (χ0n) is 12.9. The van der Waals surface area contributed by atoms with E-state index in [4.69, 9.17) is 0 Å². The summed E-state index contributed by atoms with van der Waals surface area (Å²) in [6, 6.07) is 10.5. The molecular formula is C17H23N3O. The largest absolute Gasteiger partial charge is 0.365 e. The van der Waals surface area contributed by atoms with Gasteiger partial charge in [0.1, 0.15) is 0 Å². The van der Waals surface area contributed by atoms with Crippen LogP contribution in [0.5, 0.6) is 0 Å². The van der Waals surface area contributed by atoms with Crippen molar-refractivity contribution in [3.63, 3.8) is 0 Å². The third kappa shape index (κ3) is 3.94. The number of nitrogens with zero attached hydrogens (tertiary/aromatic N) is 2. The van der Waals surface area contributed by atoms with Crippen LogP contribution < -0.4 is 10.9 Å². The van der Waals surface area contributed by atoms with Gasteiger partial charge in [-0.3, -0.25) is 4.79 Å². The molecule has 0 saturated heterocycles. The minimum Gasteiger partial charge on any atom is -0.365 e. The Balaban J connectivity index is 1.95. The number of benzene rings is 1. The molecule has 4 nitrogen and oxygen atoms in total. The number of aromatic nitrogens is 2. The molecule has 0 aliphatic carbocycles. The van der Waals surface area contributed by atoms with Gasteiger partial charge in [0.25, 0.3) is 5.56 Å². The third-order valence-electron chi connectivity index (χ3n) is 3.66. The van der Waals surface area contributed by atoms with E-state index in [0.29, 0.717) is 11.7 Å². The van der Waals surface area contributed by atoms with Crippen molar-refractivity contribution in [3.8, 4) is 0 Å². The van der Waals surface area contributed by atoms with Gasteiger partial charge >= 0.3 is 0 Å².